The van der Waals surface area contributed by atoms with Gasteiger partial charge in [0.25, 0.3) is 0 Å². The Labute approximate surface area is 134 Å². The molecule has 2 N–H and O–H groups in total. The molecule has 1 aliphatic rings. The minimum Gasteiger partial charge on any atom is -0.338 e. The molecule has 0 spiro atoms. The number of rotatable bonds is 10. The third kappa shape index (κ3) is 7.22. The van der Waals surface area contributed by atoms with Gasteiger partial charge in [0.05, 0.1) is 13.1 Å². The van der Waals surface area contributed by atoms with Crippen molar-refractivity contribution in [2.75, 3.05) is 52.4 Å². The summed E-state index contributed by atoms with van der Waals surface area (Å²) in [5, 5.41) is 6.35. The molecule has 0 radical (unpaired) electrons. The lowest BCUT2D eigenvalue weighted by atomic mass is 10.3. The minimum atomic E-state index is 0.143. The van der Waals surface area contributed by atoms with E-state index >= 15 is 0 Å². The van der Waals surface area contributed by atoms with Crippen molar-refractivity contribution < 1.29 is 9.59 Å². The lowest BCUT2D eigenvalue weighted by molar-refractivity contribution is -0.138. The van der Waals surface area contributed by atoms with Crippen molar-refractivity contribution in [3.05, 3.63) is 0 Å². The topological polar surface area (TPSA) is 64.7 Å². The second kappa shape index (κ2) is 11.4. The number of piperazine rings is 1. The summed E-state index contributed by atoms with van der Waals surface area (Å²) in [6.45, 7) is 9.47. The van der Waals surface area contributed by atoms with Gasteiger partial charge in [0, 0.05) is 26.2 Å². The zero-order chi connectivity index (χ0) is 16.2. The Bertz CT molecular complexity index is 296. The number of carbonyl (C=O) groups excluding carboxylic acids is 2. The van der Waals surface area contributed by atoms with Crippen LogP contribution >= 0.6 is 0 Å². The van der Waals surface area contributed by atoms with Gasteiger partial charge >= 0.3 is 0 Å². The van der Waals surface area contributed by atoms with E-state index in [0.717, 1.165) is 38.8 Å². The van der Waals surface area contributed by atoms with Crippen molar-refractivity contribution in [1.82, 2.24) is 20.4 Å². The molecule has 6 heteroatoms. The molecular formula is C16H32N4O2. The van der Waals surface area contributed by atoms with Gasteiger partial charge in [0.15, 0.2) is 0 Å². The largest absolute Gasteiger partial charge is 0.338 e. The van der Waals surface area contributed by atoms with E-state index in [9.17, 15) is 9.59 Å². The van der Waals surface area contributed by atoms with Gasteiger partial charge in [-0.25, -0.2) is 0 Å². The molecule has 2 amide bonds. The summed E-state index contributed by atoms with van der Waals surface area (Å²) in [4.78, 5) is 27.8. The Morgan fingerprint density at radius 2 is 1.14 bits per heavy atom. The predicted molar refractivity (Wildman–Crippen MR) is 88.7 cm³/mol. The number of hydrogen-bond donors (Lipinski definition) is 2. The van der Waals surface area contributed by atoms with Crippen molar-refractivity contribution in [1.29, 1.82) is 0 Å². The zero-order valence-electron chi connectivity index (χ0n) is 14.2. The normalized spacial score (nSPS) is 15.2. The molecule has 22 heavy (non-hydrogen) atoms. The van der Waals surface area contributed by atoms with Crippen LogP contribution < -0.4 is 10.6 Å². The Morgan fingerprint density at radius 1 is 0.773 bits per heavy atom. The van der Waals surface area contributed by atoms with E-state index in [1.165, 1.54) is 0 Å². The van der Waals surface area contributed by atoms with Crippen molar-refractivity contribution in [3.63, 3.8) is 0 Å². The summed E-state index contributed by atoms with van der Waals surface area (Å²) in [5.41, 5.74) is 0. The fourth-order valence-electron chi connectivity index (χ4n) is 2.42. The summed E-state index contributed by atoms with van der Waals surface area (Å²) in [5.74, 6) is 0.286. The van der Waals surface area contributed by atoms with Crippen LogP contribution in [0.3, 0.4) is 0 Å². The molecule has 0 atom stereocenters. The Balaban J connectivity index is 2.16. The van der Waals surface area contributed by atoms with Gasteiger partial charge in [-0.15, -0.1) is 0 Å². The SMILES string of the molecule is CCCCNCC(=O)N1CCN(C(=O)CNCCCC)CC1. The van der Waals surface area contributed by atoms with E-state index in [2.05, 4.69) is 24.5 Å². The highest BCUT2D eigenvalue weighted by atomic mass is 16.2. The van der Waals surface area contributed by atoms with E-state index in [4.69, 9.17) is 0 Å². The van der Waals surface area contributed by atoms with E-state index in [0.29, 0.717) is 39.3 Å². The van der Waals surface area contributed by atoms with Crippen molar-refractivity contribution in [2.45, 2.75) is 39.5 Å². The molecule has 0 bridgehead atoms. The standard InChI is InChI=1S/C16H32N4O2/c1-3-5-7-17-13-15(21)19-9-11-20(12-10-19)16(22)14-18-8-6-4-2/h17-18H,3-14H2,1-2H3. The first-order valence-corrected chi connectivity index (χ1v) is 8.66. The second-order valence-electron chi connectivity index (χ2n) is 5.82. The van der Waals surface area contributed by atoms with Crippen LogP contribution in [0.2, 0.25) is 0 Å². The molecule has 1 aliphatic heterocycles. The van der Waals surface area contributed by atoms with Crippen molar-refractivity contribution in [2.24, 2.45) is 0 Å². The van der Waals surface area contributed by atoms with E-state index in [-0.39, 0.29) is 11.8 Å². The molecule has 128 valence electrons. The fraction of sp³-hybridized carbons (Fsp3) is 0.875. The summed E-state index contributed by atoms with van der Waals surface area (Å²) < 4.78 is 0. The maximum atomic E-state index is 12.0. The summed E-state index contributed by atoms with van der Waals surface area (Å²) in [7, 11) is 0. The maximum Gasteiger partial charge on any atom is 0.236 e. The summed E-state index contributed by atoms with van der Waals surface area (Å²) in [6, 6.07) is 0. The van der Waals surface area contributed by atoms with Gasteiger partial charge in [-0.3, -0.25) is 9.59 Å². The van der Waals surface area contributed by atoms with Crippen LogP contribution in [0.5, 0.6) is 0 Å². The number of carbonyl (C=O) groups is 2. The number of nitrogens with zero attached hydrogens (tertiary/aromatic N) is 2. The minimum absolute atomic E-state index is 0.143. The summed E-state index contributed by atoms with van der Waals surface area (Å²) >= 11 is 0. The van der Waals surface area contributed by atoms with Crippen LogP contribution in [-0.2, 0) is 9.59 Å². The summed E-state index contributed by atoms with van der Waals surface area (Å²) in [6.07, 6.45) is 4.46. The molecular weight excluding hydrogens is 280 g/mol. The Kier molecular flexibility index (Phi) is 9.82. The van der Waals surface area contributed by atoms with E-state index in [1.807, 2.05) is 9.80 Å². The molecule has 1 fully saturated rings. The number of hydrogen-bond acceptors (Lipinski definition) is 4. The number of nitrogens with one attached hydrogen (secondary N) is 2. The third-order valence-electron chi connectivity index (χ3n) is 3.95. The average molecular weight is 312 g/mol. The van der Waals surface area contributed by atoms with Crippen LogP contribution in [0.15, 0.2) is 0 Å². The van der Waals surface area contributed by atoms with Gasteiger partial charge in [-0.1, -0.05) is 26.7 Å². The van der Waals surface area contributed by atoms with Crippen molar-refractivity contribution >= 4 is 11.8 Å². The zero-order valence-corrected chi connectivity index (χ0v) is 14.2. The van der Waals surface area contributed by atoms with Crippen LogP contribution in [0.1, 0.15) is 39.5 Å². The molecule has 1 saturated heterocycles. The van der Waals surface area contributed by atoms with Crippen LogP contribution in [0.25, 0.3) is 0 Å². The highest BCUT2D eigenvalue weighted by Crippen LogP contribution is 2.02. The van der Waals surface area contributed by atoms with Crippen LogP contribution in [-0.4, -0.2) is 74.0 Å². The van der Waals surface area contributed by atoms with Gasteiger partial charge in [-0.2, -0.15) is 0 Å². The maximum absolute atomic E-state index is 12.0. The van der Waals surface area contributed by atoms with E-state index < -0.39 is 0 Å². The quantitative estimate of drug-likeness (QED) is 0.575. The molecule has 0 aromatic heterocycles. The molecule has 0 aromatic rings. The van der Waals surface area contributed by atoms with Crippen molar-refractivity contribution in [3.8, 4) is 0 Å². The van der Waals surface area contributed by atoms with Crippen LogP contribution in [0.4, 0.5) is 0 Å². The smallest absolute Gasteiger partial charge is 0.236 e. The first-order chi connectivity index (χ1) is 10.7. The molecule has 6 nitrogen and oxygen atoms in total. The first kappa shape index (κ1) is 18.9. The predicted octanol–water partition coefficient (Wildman–Crippen LogP) is 0.437. The lowest BCUT2D eigenvalue weighted by Crippen LogP contribution is -2.53. The van der Waals surface area contributed by atoms with Gasteiger partial charge in [0.1, 0.15) is 0 Å². The molecule has 1 heterocycles. The molecule has 0 aromatic carbocycles. The van der Waals surface area contributed by atoms with E-state index in [1.54, 1.807) is 0 Å². The second-order valence-corrected chi connectivity index (χ2v) is 5.82. The highest BCUT2D eigenvalue weighted by molar-refractivity contribution is 5.80. The van der Waals surface area contributed by atoms with Gasteiger partial charge < -0.3 is 20.4 Å². The number of unbranched alkanes of at least 4 members (excludes halogenated alkanes) is 2. The van der Waals surface area contributed by atoms with Gasteiger partial charge in [0.2, 0.25) is 11.8 Å². The lowest BCUT2D eigenvalue weighted by Gasteiger charge is -2.35. The highest BCUT2D eigenvalue weighted by Gasteiger charge is 2.23. The molecule has 0 unspecified atom stereocenters. The Morgan fingerprint density at radius 3 is 1.45 bits per heavy atom. The molecule has 0 aliphatic carbocycles. The monoisotopic (exact) mass is 312 g/mol. The third-order valence-corrected chi connectivity index (χ3v) is 3.95. The Hall–Kier alpha value is -1.14. The fourth-order valence-corrected chi connectivity index (χ4v) is 2.42. The van der Waals surface area contributed by atoms with Gasteiger partial charge in [-0.05, 0) is 25.9 Å². The number of amides is 2. The molecule has 0 saturated carbocycles. The van der Waals surface area contributed by atoms with Crippen LogP contribution in [0, 0.1) is 0 Å². The molecule has 1 rings (SSSR count). The average Bonchev–Trinajstić information content (AvgIpc) is 2.55. The first-order valence-electron chi connectivity index (χ1n) is 8.66.